The Morgan fingerprint density at radius 3 is 1.95 bits per heavy atom. The van der Waals surface area contributed by atoms with E-state index in [-0.39, 0.29) is 0 Å². The first-order valence-corrected chi connectivity index (χ1v) is 14.2. The molecule has 0 saturated carbocycles. The number of aryl methyl sites for hydroxylation is 1. The first kappa shape index (κ1) is 24.3. The lowest BCUT2D eigenvalue weighted by molar-refractivity contribution is 0.652. The summed E-state index contributed by atoms with van der Waals surface area (Å²) in [7, 11) is 0. The largest absolute Gasteiger partial charge is 0.437 e. The average Bonchev–Trinajstić information content (AvgIpc) is 3.60. The number of imidazole rings is 1. The van der Waals surface area contributed by atoms with E-state index in [4.69, 9.17) is 9.40 Å². The van der Waals surface area contributed by atoms with Crippen molar-refractivity contribution < 1.29 is 4.42 Å². The predicted octanol–water partition coefficient (Wildman–Crippen LogP) is 9.69. The van der Waals surface area contributed by atoms with Crippen molar-refractivity contribution in [3.8, 4) is 33.6 Å². The van der Waals surface area contributed by atoms with Crippen LogP contribution in [-0.2, 0) is 6.54 Å². The third kappa shape index (κ3) is 4.00. The van der Waals surface area contributed by atoms with Crippen LogP contribution in [0.3, 0.4) is 0 Å². The predicted molar refractivity (Wildman–Crippen MR) is 171 cm³/mol. The number of hydrogen-bond donors (Lipinski definition) is 0. The van der Waals surface area contributed by atoms with E-state index in [1.165, 1.54) is 27.8 Å². The second-order valence-electron chi connectivity index (χ2n) is 10.7. The summed E-state index contributed by atoms with van der Waals surface area (Å²) in [4.78, 5) is 9.88. The molecule has 0 aliphatic rings. The molecule has 0 unspecified atom stereocenters. The van der Waals surface area contributed by atoms with E-state index in [2.05, 4.69) is 131 Å². The molecule has 3 heterocycles. The van der Waals surface area contributed by atoms with E-state index < -0.39 is 0 Å². The van der Waals surface area contributed by atoms with Crippen LogP contribution in [0.2, 0.25) is 0 Å². The van der Waals surface area contributed by atoms with Crippen LogP contribution in [-0.4, -0.2) is 14.5 Å². The minimum atomic E-state index is 0.638. The zero-order chi connectivity index (χ0) is 28.0. The summed E-state index contributed by atoms with van der Waals surface area (Å²) in [5, 5.41) is 2.06. The van der Waals surface area contributed by atoms with Gasteiger partial charge in [-0.1, -0.05) is 103 Å². The number of nitrogens with zero attached hydrogens (tertiary/aromatic N) is 3. The minimum Gasteiger partial charge on any atom is -0.437 e. The standard InChI is InChI=1S/C38H27N3O/c1-25-22-23-31-30-18-11-19-32(36(30)42-38(31)39-25)37-40-34-20-8-9-21-35(34)41(37)24-33-28(26-12-4-2-5-13-26)16-10-17-29(33)27-14-6-3-7-15-27/h2-23H,24H2,1H3. The summed E-state index contributed by atoms with van der Waals surface area (Å²) in [5.74, 6) is 0.874. The molecule has 4 nitrogen and oxygen atoms in total. The van der Waals surface area contributed by atoms with Crippen LogP contribution in [0, 0.1) is 6.92 Å². The quantitative estimate of drug-likeness (QED) is 0.218. The molecular formula is C38H27N3O. The third-order valence-electron chi connectivity index (χ3n) is 8.06. The van der Waals surface area contributed by atoms with Crippen molar-refractivity contribution in [3.05, 3.63) is 145 Å². The molecule has 0 amide bonds. The van der Waals surface area contributed by atoms with E-state index in [1.54, 1.807) is 0 Å². The van der Waals surface area contributed by atoms with Crippen LogP contribution in [0.15, 0.2) is 138 Å². The molecule has 0 N–H and O–H groups in total. The highest BCUT2D eigenvalue weighted by Crippen LogP contribution is 2.39. The van der Waals surface area contributed by atoms with Crippen molar-refractivity contribution in [2.75, 3.05) is 0 Å². The molecule has 0 fully saturated rings. The summed E-state index contributed by atoms with van der Waals surface area (Å²) in [5.41, 5.74) is 11.4. The molecule has 0 bridgehead atoms. The van der Waals surface area contributed by atoms with Crippen LogP contribution in [0.4, 0.5) is 0 Å². The van der Waals surface area contributed by atoms with Gasteiger partial charge in [-0.2, -0.15) is 0 Å². The highest BCUT2D eigenvalue weighted by atomic mass is 16.3. The van der Waals surface area contributed by atoms with Gasteiger partial charge in [0.2, 0.25) is 5.71 Å². The number of aromatic nitrogens is 3. The number of rotatable bonds is 5. The van der Waals surface area contributed by atoms with Gasteiger partial charge >= 0.3 is 0 Å². The van der Waals surface area contributed by atoms with Gasteiger partial charge < -0.3 is 8.98 Å². The third-order valence-corrected chi connectivity index (χ3v) is 8.06. The van der Waals surface area contributed by atoms with Gasteiger partial charge in [-0.25, -0.2) is 9.97 Å². The Kier molecular flexibility index (Phi) is 5.71. The Morgan fingerprint density at radius 2 is 1.21 bits per heavy atom. The van der Waals surface area contributed by atoms with E-state index >= 15 is 0 Å². The summed E-state index contributed by atoms with van der Waals surface area (Å²) in [6, 6.07) is 46.7. The summed E-state index contributed by atoms with van der Waals surface area (Å²) >= 11 is 0. The van der Waals surface area contributed by atoms with Crippen LogP contribution >= 0.6 is 0 Å². The molecule has 0 aliphatic heterocycles. The smallest absolute Gasteiger partial charge is 0.227 e. The van der Waals surface area contributed by atoms with Gasteiger partial charge in [0.25, 0.3) is 0 Å². The van der Waals surface area contributed by atoms with Crippen molar-refractivity contribution in [1.29, 1.82) is 0 Å². The lowest BCUT2D eigenvalue weighted by Gasteiger charge is -2.18. The number of para-hydroxylation sites is 3. The van der Waals surface area contributed by atoms with Crippen LogP contribution in [0.25, 0.3) is 66.7 Å². The van der Waals surface area contributed by atoms with Crippen molar-refractivity contribution in [2.45, 2.75) is 13.5 Å². The fraction of sp³-hybridized carbons (Fsp3) is 0.0526. The number of benzene rings is 5. The molecule has 3 aromatic heterocycles. The van der Waals surface area contributed by atoms with Gasteiger partial charge in [0.05, 0.1) is 23.1 Å². The lowest BCUT2D eigenvalue weighted by atomic mass is 9.91. The zero-order valence-electron chi connectivity index (χ0n) is 23.2. The molecule has 0 radical (unpaired) electrons. The Labute approximate surface area is 243 Å². The summed E-state index contributed by atoms with van der Waals surface area (Å²) < 4.78 is 8.78. The zero-order valence-corrected chi connectivity index (χ0v) is 23.2. The summed E-state index contributed by atoms with van der Waals surface area (Å²) in [6.07, 6.45) is 0. The maximum atomic E-state index is 6.44. The second-order valence-corrected chi connectivity index (χ2v) is 10.7. The monoisotopic (exact) mass is 541 g/mol. The van der Waals surface area contributed by atoms with Crippen molar-refractivity contribution in [2.24, 2.45) is 0 Å². The van der Waals surface area contributed by atoms with Gasteiger partial charge in [-0.3, -0.25) is 0 Å². The fourth-order valence-electron chi connectivity index (χ4n) is 6.08. The minimum absolute atomic E-state index is 0.638. The van der Waals surface area contributed by atoms with E-state index in [1.807, 2.05) is 19.1 Å². The molecule has 8 rings (SSSR count). The Hall–Kier alpha value is -5.48. The normalized spacial score (nSPS) is 11.5. The molecule has 0 spiro atoms. The van der Waals surface area contributed by atoms with Gasteiger partial charge in [-0.15, -0.1) is 0 Å². The first-order valence-electron chi connectivity index (χ1n) is 14.2. The van der Waals surface area contributed by atoms with Crippen LogP contribution < -0.4 is 0 Å². The highest BCUT2D eigenvalue weighted by molar-refractivity contribution is 6.08. The first-order chi connectivity index (χ1) is 20.7. The molecule has 0 saturated heterocycles. The van der Waals surface area contributed by atoms with Crippen molar-refractivity contribution in [3.63, 3.8) is 0 Å². The molecule has 8 aromatic rings. The van der Waals surface area contributed by atoms with Gasteiger partial charge in [-0.05, 0) is 65.1 Å². The second kappa shape index (κ2) is 9.86. The van der Waals surface area contributed by atoms with Gasteiger partial charge in [0, 0.05) is 16.5 Å². The van der Waals surface area contributed by atoms with Gasteiger partial charge in [0.1, 0.15) is 11.4 Å². The molecule has 200 valence electrons. The highest BCUT2D eigenvalue weighted by Gasteiger charge is 2.21. The van der Waals surface area contributed by atoms with E-state index in [0.29, 0.717) is 12.3 Å². The van der Waals surface area contributed by atoms with Gasteiger partial charge in [0.15, 0.2) is 0 Å². The number of fused-ring (bicyclic) bond motifs is 4. The Morgan fingerprint density at radius 1 is 0.571 bits per heavy atom. The maximum Gasteiger partial charge on any atom is 0.227 e. The molecule has 5 aromatic carbocycles. The molecule has 0 atom stereocenters. The van der Waals surface area contributed by atoms with Crippen molar-refractivity contribution >= 4 is 33.1 Å². The molecule has 42 heavy (non-hydrogen) atoms. The number of pyridine rings is 1. The Balaban J connectivity index is 1.40. The average molecular weight is 542 g/mol. The maximum absolute atomic E-state index is 6.44. The van der Waals surface area contributed by atoms with Crippen LogP contribution in [0.5, 0.6) is 0 Å². The van der Waals surface area contributed by atoms with E-state index in [0.717, 1.165) is 44.5 Å². The molecular weight excluding hydrogens is 514 g/mol. The summed E-state index contributed by atoms with van der Waals surface area (Å²) in [6.45, 7) is 2.63. The Bertz CT molecular complexity index is 2170. The fourth-order valence-corrected chi connectivity index (χ4v) is 6.08. The van der Waals surface area contributed by atoms with E-state index in [9.17, 15) is 0 Å². The lowest BCUT2D eigenvalue weighted by Crippen LogP contribution is -2.06. The van der Waals surface area contributed by atoms with Crippen molar-refractivity contribution in [1.82, 2.24) is 14.5 Å². The SMILES string of the molecule is Cc1ccc2c(n1)oc1c(-c3nc4ccccc4n3Cc3c(-c4ccccc4)cccc3-c3ccccc3)cccc12. The van der Waals surface area contributed by atoms with Crippen LogP contribution in [0.1, 0.15) is 11.3 Å². The number of hydrogen-bond acceptors (Lipinski definition) is 3. The molecule has 0 aliphatic carbocycles. The molecule has 4 heteroatoms. The topological polar surface area (TPSA) is 43.9 Å². The number of furan rings is 1.